The van der Waals surface area contributed by atoms with Gasteiger partial charge in [0.2, 0.25) is 10.0 Å². The van der Waals surface area contributed by atoms with Crippen LogP contribution in [-0.2, 0) is 14.8 Å². The number of morpholine rings is 1. The van der Waals surface area contributed by atoms with Gasteiger partial charge in [0.05, 0.1) is 35.7 Å². The molecular formula is C26H25N3O4S. The standard InChI is InChI=1S/C26H25N3O4S/c30-26(27-12-17-34(31,32)29-13-15-33-16-14-29)23-18-25(28-24-11-4-3-9-22(23)24)21-10-5-7-19-6-1-2-8-20(19)21/h1-11,18H,12-17H2,(H,27,30). The van der Waals surface area contributed by atoms with Crippen molar-refractivity contribution in [3.63, 3.8) is 0 Å². The lowest BCUT2D eigenvalue weighted by atomic mass is 9.99. The van der Waals surface area contributed by atoms with Crippen molar-refractivity contribution in [1.29, 1.82) is 0 Å². The summed E-state index contributed by atoms with van der Waals surface area (Å²) in [6.07, 6.45) is 0. The van der Waals surface area contributed by atoms with Gasteiger partial charge < -0.3 is 10.1 Å². The Hall–Kier alpha value is -3.33. The van der Waals surface area contributed by atoms with E-state index >= 15 is 0 Å². The fraction of sp³-hybridized carbons (Fsp3) is 0.231. The lowest BCUT2D eigenvalue weighted by Crippen LogP contribution is -2.43. The normalized spacial score (nSPS) is 14.9. The molecule has 3 aromatic carbocycles. The molecule has 0 atom stereocenters. The number of nitrogens with zero attached hydrogens (tertiary/aromatic N) is 2. The van der Waals surface area contributed by atoms with Crippen LogP contribution in [0.4, 0.5) is 0 Å². The van der Waals surface area contributed by atoms with Crippen LogP contribution in [0.2, 0.25) is 0 Å². The van der Waals surface area contributed by atoms with E-state index in [-0.39, 0.29) is 18.2 Å². The van der Waals surface area contributed by atoms with Gasteiger partial charge in [0.25, 0.3) is 5.91 Å². The van der Waals surface area contributed by atoms with Gasteiger partial charge in [-0.05, 0) is 22.9 Å². The van der Waals surface area contributed by atoms with Gasteiger partial charge in [-0.15, -0.1) is 0 Å². The summed E-state index contributed by atoms with van der Waals surface area (Å²) in [5.41, 5.74) is 2.81. The minimum Gasteiger partial charge on any atom is -0.379 e. The van der Waals surface area contributed by atoms with Gasteiger partial charge in [0.15, 0.2) is 0 Å². The summed E-state index contributed by atoms with van der Waals surface area (Å²) in [4.78, 5) is 18.0. The first kappa shape index (κ1) is 22.5. The first-order valence-corrected chi connectivity index (χ1v) is 12.9. The van der Waals surface area contributed by atoms with Gasteiger partial charge in [0, 0.05) is 30.6 Å². The van der Waals surface area contributed by atoms with Gasteiger partial charge in [-0.25, -0.2) is 13.4 Å². The number of carbonyl (C=O) groups is 1. The molecule has 2 heterocycles. The number of benzene rings is 3. The lowest BCUT2D eigenvalue weighted by molar-refractivity contribution is 0.0730. The zero-order valence-electron chi connectivity index (χ0n) is 18.6. The van der Waals surface area contributed by atoms with Crippen molar-refractivity contribution in [2.75, 3.05) is 38.6 Å². The maximum Gasteiger partial charge on any atom is 0.252 e. The van der Waals surface area contributed by atoms with Crippen LogP contribution < -0.4 is 5.32 Å². The fourth-order valence-electron chi connectivity index (χ4n) is 4.29. The van der Waals surface area contributed by atoms with E-state index in [1.54, 1.807) is 6.07 Å². The molecule has 1 amide bonds. The molecule has 1 aromatic heterocycles. The summed E-state index contributed by atoms with van der Waals surface area (Å²) in [5.74, 6) is -0.477. The molecule has 0 bridgehead atoms. The minimum absolute atomic E-state index is 0.0266. The summed E-state index contributed by atoms with van der Waals surface area (Å²) in [6.45, 7) is 1.51. The number of hydrogen-bond acceptors (Lipinski definition) is 5. The molecule has 1 aliphatic heterocycles. The highest BCUT2D eigenvalue weighted by molar-refractivity contribution is 7.89. The zero-order valence-corrected chi connectivity index (χ0v) is 19.4. The van der Waals surface area contributed by atoms with E-state index in [2.05, 4.69) is 5.32 Å². The molecule has 0 saturated carbocycles. The Bertz CT molecular complexity index is 1460. The number of nitrogens with one attached hydrogen (secondary N) is 1. The molecule has 174 valence electrons. The van der Waals surface area contributed by atoms with Gasteiger partial charge in [-0.2, -0.15) is 4.31 Å². The van der Waals surface area contributed by atoms with E-state index in [4.69, 9.17) is 9.72 Å². The van der Waals surface area contributed by atoms with Crippen molar-refractivity contribution < 1.29 is 17.9 Å². The second-order valence-electron chi connectivity index (χ2n) is 8.18. The van der Waals surface area contributed by atoms with E-state index in [1.165, 1.54) is 4.31 Å². The maximum absolute atomic E-state index is 13.2. The van der Waals surface area contributed by atoms with Gasteiger partial charge in [-0.3, -0.25) is 4.79 Å². The molecule has 0 unspecified atom stereocenters. The first-order valence-electron chi connectivity index (χ1n) is 11.2. The number of carbonyl (C=O) groups excluding carboxylic acids is 1. The average molecular weight is 476 g/mol. The van der Waals surface area contributed by atoms with E-state index in [0.717, 1.165) is 21.7 Å². The van der Waals surface area contributed by atoms with Crippen LogP contribution in [0.15, 0.2) is 72.8 Å². The number of fused-ring (bicyclic) bond motifs is 2. The molecule has 0 radical (unpaired) electrons. The number of para-hydroxylation sites is 1. The van der Waals surface area contributed by atoms with E-state index in [9.17, 15) is 13.2 Å². The summed E-state index contributed by atoms with van der Waals surface area (Å²) in [5, 5.41) is 5.66. The van der Waals surface area contributed by atoms with Crippen LogP contribution in [0, 0.1) is 0 Å². The monoisotopic (exact) mass is 475 g/mol. The number of amides is 1. The predicted molar refractivity (Wildman–Crippen MR) is 133 cm³/mol. The molecule has 1 aliphatic rings. The van der Waals surface area contributed by atoms with E-state index < -0.39 is 10.0 Å². The smallest absolute Gasteiger partial charge is 0.252 e. The number of aromatic nitrogens is 1. The Morgan fingerprint density at radius 3 is 2.47 bits per heavy atom. The molecule has 5 rings (SSSR count). The molecule has 1 saturated heterocycles. The molecule has 34 heavy (non-hydrogen) atoms. The van der Waals surface area contributed by atoms with Crippen LogP contribution in [0.5, 0.6) is 0 Å². The number of hydrogen-bond donors (Lipinski definition) is 1. The van der Waals surface area contributed by atoms with E-state index in [1.807, 2.05) is 66.7 Å². The Kier molecular flexibility index (Phi) is 6.28. The highest BCUT2D eigenvalue weighted by atomic mass is 32.2. The summed E-state index contributed by atoms with van der Waals surface area (Å²) >= 11 is 0. The van der Waals surface area contributed by atoms with Gasteiger partial charge in [0.1, 0.15) is 0 Å². The molecule has 1 N–H and O–H groups in total. The molecular weight excluding hydrogens is 450 g/mol. The minimum atomic E-state index is -3.45. The Morgan fingerprint density at radius 2 is 1.65 bits per heavy atom. The quantitative estimate of drug-likeness (QED) is 0.462. The second kappa shape index (κ2) is 9.50. The maximum atomic E-state index is 13.2. The third-order valence-electron chi connectivity index (χ3n) is 6.04. The summed E-state index contributed by atoms with van der Waals surface area (Å²) < 4.78 is 31.8. The predicted octanol–water partition coefficient (Wildman–Crippen LogP) is 3.45. The van der Waals surface area contributed by atoms with Crippen molar-refractivity contribution >= 4 is 37.6 Å². The number of ether oxygens (including phenoxy) is 1. The molecule has 7 nitrogen and oxygen atoms in total. The SMILES string of the molecule is O=C(NCCS(=O)(=O)N1CCOCC1)c1cc(-c2cccc3ccccc23)nc2ccccc12. The van der Waals surface area contributed by atoms with Crippen LogP contribution in [0.1, 0.15) is 10.4 Å². The first-order chi connectivity index (χ1) is 16.5. The van der Waals surface area contributed by atoms with Gasteiger partial charge >= 0.3 is 0 Å². The average Bonchev–Trinajstić information content (AvgIpc) is 2.88. The molecule has 8 heteroatoms. The highest BCUT2D eigenvalue weighted by Crippen LogP contribution is 2.30. The van der Waals surface area contributed by atoms with Crippen molar-refractivity contribution in [2.24, 2.45) is 0 Å². The third kappa shape index (κ3) is 4.52. The van der Waals surface area contributed by atoms with Crippen LogP contribution in [0.25, 0.3) is 32.9 Å². The molecule has 0 aliphatic carbocycles. The van der Waals surface area contributed by atoms with Crippen molar-refractivity contribution in [3.05, 3.63) is 78.4 Å². The van der Waals surface area contributed by atoms with Crippen LogP contribution in [0.3, 0.4) is 0 Å². The largest absolute Gasteiger partial charge is 0.379 e. The second-order valence-corrected chi connectivity index (χ2v) is 10.3. The molecule has 0 spiro atoms. The topological polar surface area (TPSA) is 88.6 Å². The molecule has 4 aromatic rings. The Labute approximate surface area is 198 Å². The van der Waals surface area contributed by atoms with E-state index in [0.29, 0.717) is 43.1 Å². The fourth-order valence-corrected chi connectivity index (χ4v) is 5.62. The summed E-state index contributed by atoms with van der Waals surface area (Å²) in [6, 6.07) is 23.3. The third-order valence-corrected chi connectivity index (χ3v) is 7.91. The number of rotatable bonds is 6. The number of pyridine rings is 1. The molecule has 1 fully saturated rings. The van der Waals surface area contributed by atoms with Crippen molar-refractivity contribution in [3.8, 4) is 11.3 Å². The van der Waals surface area contributed by atoms with Crippen LogP contribution >= 0.6 is 0 Å². The van der Waals surface area contributed by atoms with Crippen molar-refractivity contribution in [2.45, 2.75) is 0 Å². The Morgan fingerprint density at radius 1 is 0.941 bits per heavy atom. The number of sulfonamides is 1. The van der Waals surface area contributed by atoms with Gasteiger partial charge in [-0.1, -0.05) is 60.7 Å². The highest BCUT2D eigenvalue weighted by Gasteiger charge is 2.24. The lowest BCUT2D eigenvalue weighted by Gasteiger charge is -2.26. The van der Waals surface area contributed by atoms with Crippen molar-refractivity contribution in [1.82, 2.24) is 14.6 Å². The Balaban J connectivity index is 1.44. The van der Waals surface area contributed by atoms with Crippen LogP contribution in [-0.4, -0.2) is 62.2 Å². The summed E-state index contributed by atoms with van der Waals surface area (Å²) in [7, 11) is -3.45. The zero-order chi connectivity index (χ0) is 23.5.